The van der Waals surface area contributed by atoms with Crippen molar-refractivity contribution in [1.82, 2.24) is 15.0 Å². The quantitative estimate of drug-likeness (QED) is 0.143. The molecule has 0 bridgehead atoms. The lowest BCUT2D eigenvalue weighted by atomic mass is 9.92. The predicted molar refractivity (Wildman–Crippen MR) is 209 cm³/mol. The summed E-state index contributed by atoms with van der Waals surface area (Å²) in [5, 5.41) is 6.93. The predicted octanol–water partition coefficient (Wildman–Crippen LogP) is 12.3. The summed E-state index contributed by atoms with van der Waals surface area (Å²) >= 11 is 0. The van der Waals surface area contributed by atoms with Crippen LogP contribution in [-0.2, 0) is 0 Å². The Morgan fingerprint density at radius 2 is 0.780 bits per heavy atom. The van der Waals surface area contributed by atoms with Gasteiger partial charge in [0.15, 0.2) is 0 Å². The zero-order chi connectivity index (χ0) is 33.0. The first-order valence-corrected chi connectivity index (χ1v) is 16.9. The lowest BCUT2D eigenvalue weighted by Crippen LogP contribution is -1.92. The van der Waals surface area contributed by atoms with Crippen LogP contribution in [0.25, 0.3) is 99.2 Å². The number of hydrogen-bond donors (Lipinski definition) is 0. The number of nitrogens with zero attached hydrogens (tertiary/aromatic N) is 3. The number of para-hydroxylation sites is 3. The minimum absolute atomic E-state index is 0.936. The maximum absolute atomic E-state index is 5.16. The summed E-state index contributed by atoms with van der Waals surface area (Å²) in [4.78, 5) is 15.3. The molecule has 50 heavy (non-hydrogen) atoms. The highest BCUT2D eigenvalue weighted by molar-refractivity contribution is 6.17. The molecule has 3 heteroatoms. The van der Waals surface area contributed by atoms with Gasteiger partial charge in [-0.2, -0.15) is 0 Å². The zero-order valence-electron chi connectivity index (χ0n) is 27.1. The first-order chi connectivity index (χ1) is 24.7. The van der Waals surface area contributed by atoms with E-state index in [-0.39, 0.29) is 0 Å². The van der Waals surface area contributed by atoms with E-state index in [0.717, 1.165) is 82.8 Å². The van der Waals surface area contributed by atoms with Gasteiger partial charge < -0.3 is 0 Å². The molecule has 0 unspecified atom stereocenters. The van der Waals surface area contributed by atoms with Gasteiger partial charge >= 0.3 is 0 Å². The Balaban J connectivity index is 1.14. The lowest BCUT2D eigenvalue weighted by molar-refractivity contribution is 1.38. The molecule has 3 nitrogen and oxygen atoms in total. The smallest absolute Gasteiger partial charge is 0.0794 e. The molecule has 0 fully saturated rings. The average molecular weight is 636 g/mol. The molecule has 7 aromatic carbocycles. The Labute approximate surface area is 289 Å². The van der Waals surface area contributed by atoms with E-state index in [9.17, 15) is 0 Å². The van der Waals surface area contributed by atoms with E-state index in [1.807, 2.05) is 12.1 Å². The van der Waals surface area contributed by atoms with Gasteiger partial charge in [0.05, 0.1) is 33.5 Å². The summed E-state index contributed by atoms with van der Waals surface area (Å²) in [7, 11) is 0. The number of hydrogen-bond acceptors (Lipinski definition) is 3. The fourth-order valence-corrected chi connectivity index (χ4v) is 7.31. The highest BCUT2D eigenvalue weighted by Crippen LogP contribution is 2.39. The molecule has 0 atom stereocenters. The third kappa shape index (κ3) is 4.79. The van der Waals surface area contributed by atoms with Gasteiger partial charge in [-0.05, 0) is 70.6 Å². The molecule has 3 aromatic heterocycles. The topological polar surface area (TPSA) is 38.7 Å². The third-order valence-electron chi connectivity index (χ3n) is 9.80. The largest absolute Gasteiger partial charge is 0.248 e. The molecule has 0 radical (unpaired) electrons. The molecule has 3 heterocycles. The maximum atomic E-state index is 5.16. The van der Waals surface area contributed by atoms with Crippen molar-refractivity contribution in [2.75, 3.05) is 0 Å². The zero-order valence-corrected chi connectivity index (χ0v) is 27.1. The van der Waals surface area contributed by atoms with Gasteiger partial charge in [0.2, 0.25) is 0 Å². The summed E-state index contributed by atoms with van der Waals surface area (Å²) in [5.41, 5.74) is 12.6. The fourth-order valence-electron chi connectivity index (χ4n) is 7.31. The van der Waals surface area contributed by atoms with Crippen molar-refractivity contribution in [2.24, 2.45) is 0 Å². The highest BCUT2D eigenvalue weighted by atomic mass is 14.7. The van der Waals surface area contributed by atoms with Gasteiger partial charge in [-0.3, -0.25) is 0 Å². The number of pyridine rings is 3. The van der Waals surface area contributed by atoms with E-state index >= 15 is 0 Å². The molecule has 0 saturated heterocycles. The van der Waals surface area contributed by atoms with Crippen LogP contribution < -0.4 is 0 Å². The summed E-state index contributed by atoms with van der Waals surface area (Å²) in [6, 6.07) is 62.2. The highest BCUT2D eigenvalue weighted by Gasteiger charge is 2.15. The normalized spacial score (nSPS) is 11.6. The van der Waals surface area contributed by atoms with E-state index in [1.165, 1.54) is 16.3 Å². The molecule has 0 N–H and O–H groups in total. The van der Waals surface area contributed by atoms with Gasteiger partial charge in [0.1, 0.15) is 0 Å². The van der Waals surface area contributed by atoms with Crippen LogP contribution in [0.3, 0.4) is 0 Å². The SMILES string of the molecule is c1ccc2nc(-c3cc(-c4ccc(-c5c6ccccc6nc6c5ccc5ccccc56)cc4)cc(-c4ccc5ccccc5n4)c3)ccc2c1. The van der Waals surface area contributed by atoms with Gasteiger partial charge in [0.25, 0.3) is 0 Å². The van der Waals surface area contributed by atoms with Crippen LogP contribution in [0.2, 0.25) is 0 Å². The van der Waals surface area contributed by atoms with Crippen molar-refractivity contribution >= 4 is 54.4 Å². The third-order valence-corrected chi connectivity index (χ3v) is 9.80. The number of rotatable bonds is 4. The molecular formula is C47H29N3. The molecule has 0 saturated carbocycles. The molecule has 10 rings (SSSR count). The monoisotopic (exact) mass is 635 g/mol. The van der Waals surface area contributed by atoms with E-state index in [2.05, 4.69) is 164 Å². The molecule has 0 spiro atoms. The fraction of sp³-hybridized carbons (Fsp3) is 0. The summed E-state index contributed by atoms with van der Waals surface area (Å²) in [5.74, 6) is 0. The summed E-state index contributed by atoms with van der Waals surface area (Å²) < 4.78 is 0. The summed E-state index contributed by atoms with van der Waals surface area (Å²) in [6.07, 6.45) is 0. The van der Waals surface area contributed by atoms with Gasteiger partial charge in [0, 0.05) is 43.6 Å². The first-order valence-electron chi connectivity index (χ1n) is 16.9. The Morgan fingerprint density at radius 1 is 0.280 bits per heavy atom. The number of aromatic nitrogens is 3. The van der Waals surface area contributed by atoms with Crippen molar-refractivity contribution in [3.63, 3.8) is 0 Å². The van der Waals surface area contributed by atoms with E-state index in [1.54, 1.807) is 0 Å². The average Bonchev–Trinajstić information content (AvgIpc) is 3.19. The molecule has 0 aliphatic rings. The molecule has 0 aliphatic carbocycles. The van der Waals surface area contributed by atoms with Crippen LogP contribution in [0.5, 0.6) is 0 Å². The van der Waals surface area contributed by atoms with Crippen molar-refractivity contribution in [2.45, 2.75) is 0 Å². The minimum atomic E-state index is 0.936. The van der Waals surface area contributed by atoms with Crippen molar-refractivity contribution in [3.05, 3.63) is 176 Å². The standard InChI is InChI=1S/C47H29N3/c1-4-12-38-31(9-1)21-24-40-46(39-13-5-8-16-45(39)50-47(38)40)34-19-17-30(18-20-34)35-27-36(43-25-22-32-10-2-6-14-41(32)48-43)29-37(28-35)44-26-23-33-11-3-7-15-42(33)49-44/h1-29H. The maximum Gasteiger partial charge on any atom is 0.0794 e. The van der Waals surface area contributed by atoms with Crippen LogP contribution in [0, 0.1) is 0 Å². The molecular weight excluding hydrogens is 607 g/mol. The Bertz CT molecular complexity index is 2830. The number of benzene rings is 7. The molecule has 232 valence electrons. The van der Waals surface area contributed by atoms with Gasteiger partial charge in [-0.1, -0.05) is 127 Å². The second-order valence-corrected chi connectivity index (χ2v) is 12.8. The van der Waals surface area contributed by atoms with Crippen LogP contribution in [-0.4, -0.2) is 15.0 Å². The van der Waals surface area contributed by atoms with Gasteiger partial charge in [-0.25, -0.2) is 15.0 Å². The minimum Gasteiger partial charge on any atom is -0.248 e. The van der Waals surface area contributed by atoms with Crippen LogP contribution in [0.15, 0.2) is 176 Å². The Hall–Kier alpha value is -6.71. The van der Waals surface area contributed by atoms with Gasteiger partial charge in [-0.15, -0.1) is 0 Å². The second kappa shape index (κ2) is 11.5. The van der Waals surface area contributed by atoms with E-state index < -0.39 is 0 Å². The first kappa shape index (κ1) is 28.3. The molecule has 0 aliphatic heterocycles. The molecule has 0 amide bonds. The van der Waals surface area contributed by atoms with Crippen LogP contribution in [0.1, 0.15) is 0 Å². The van der Waals surface area contributed by atoms with Crippen LogP contribution >= 0.6 is 0 Å². The van der Waals surface area contributed by atoms with Crippen molar-refractivity contribution in [3.8, 4) is 44.8 Å². The summed E-state index contributed by atoms with van der Waals surface area (Å²) in [6.45, 7) is 0. The lowest BCUT2D eigenvalue weighted by Gasteiger charge is -2.14. The van der Waals surface area contributed by atoms with Crippen molar-refractivity contribution < 1.29 is 0 Å². The Kier molecular flexibility index (Phi) is 6.49. The van der Waals surface area contributed by atoms with Crippen LogP contribution in [0.4, 0.5) is 0 Å². The Morgan fingerprint density at radius 3 is 1.44 bits per heavy atom. The van der Waals surface area contributed by atoms with Crippen molar-refractivity contribution in [1.29, 1.82) is 0 Å². The number of fused-ring (bicyclic) bond motifs is 6. The second-order valence-electron chi connectivity index (χ2n) is 12.8. The molecule has 10 aromatic rings. The van der Waals surface area contributed by atoms with E-state index in [4.69, 9.17) is 15.0 Å². The van der Waals surface area contributed by atoms with E-state index in [0.29, 0.717) is 0 Å².